The van der Waals surface area contributed by atoms with Gasteiger partial charge in [-0.05, 0) is 36.4 Å². The van der Waals surface area contributed by atoms with Gasteiger partial charge < -0.3 is 15.5 Å². The van der Waals surface area contributed by atoms with E-state index in [4.69, 9.17) is 0 Å². The van der Waals surface area contributed by atoms with Gasteiger partial charge >= 0.3 is 0 Å². The standard InChI is InChI=1S/C20H22FN5O4/c1-22-17-7-2-14(12-18(17)26(29)30)20(28)25-10-8-24(9-11-25)13-19(27)23-16-5-3-15(21)4-6-16/h2-7,12,22H,8-11,13H2,1H3,(H,23,27). The molecule has 3 rings (SSSR count). The summed E-state index contributed by atoms with van der Waals surface area (Å²) in [5, 5.41) is 16.6. The number of nitro benzene ring substituents is 1. The molecule has 1 aliphatic heterocycles. The van der Waals surface area contributed by atoms with Gasteiger partial charge in [0.05, 0.1) is 11.5 Å². The van der Waals surface area contributed by atoms with Crippen molar-refractivity contribution < 1.29 is 18.9 Å². The highest BCUT2D eigenvalue weighted by Crippen LogP contribution is 2.25. The molecule has 0 bridgehead atoms. The molecule has 10 heteroatoms. The van der Waals surface area contributed by atoms with Crippen LogP contribution in [0.1, 0.15) is 10.4 Å². The van der Waals surface area contributed by atoms with Crippen LogP contribution < -0.4 is 10.6 Å². The van der Waals surface area contributed by atoms with Crippen molar-refractivity contribution in [1.29, 1.82) is 0 Å². The average Bonchev–Trinajstić information content (AvgIpc) is 2.75. The SMILES string of the molecule is CNc1ccc(C(=O)N2CCN(CC(=O)Nc3ccc(F)cc3)CC2)cc1[N+](=O)[O-]. The summed E-state index contributed by atoms with van der Waals surface area (Å²) in [5.74, 6) is -0.879. The lowest BCUT2D eigenvalue weighted by atomic mass is 10.1. The van der Waals surface area contributed by atoms with Gasteiger partial charge in [-0.3, -0.25) is 24.6 Å². The average molecular weight is 415 g/mol. The first-order chi connectivity index (χ1) is 14.4. The van der Waals surface area contributed by atoms with Crippen LogP contribution in [0.25, 0.3) is 0 Å². The summed E-state index contributed by atoms with van der Waals surface area (Å²) in [6.07, 6.45) is 0. The molecule has 30 heavy (non-hydrogen) atoms. The normalized spacial score (nSPS) is 14.3. The first-order valence-electron chi connectivity index (χ1n) is 9.40. The molecule has 1 saturated heterocycles. The molecule has 1 aliphatic rings. The molecule has 2 amide bonds. The maximum Gasteiger partial charge on any atom is 0.293 e. The van der Waals surface area contributed by atoms with Crippen molar-refractivity contribution in [3.63, 3.8) is 0 Å². The van der Waals surface area contributed by atoms with Crippen LogP contribution in [0.2, 0.25) is 0 Å². The Morgan fingerprint density at radius 3 is 2.37 bits per heavy atom. The van der Waals surface area contributed by atoms with Crippen LogP contribution in [-0.4, -0.2) is 66.3 Å². The zero-order chi connectivity index (χ0) is 21.7. The fourth-order valence-corrected chi connectivity index (χ4v) is 3.26. The van der Waals surface area contributed by atoms with Crippen LogP contribution in [0.15, 0.2) is 42.5 Å². The number of carbonyl (C=O) groups excluding carboxylic acids is 2. The maximum absolute atomic E-state index is 12.9. The van der Waals surface area contributed by atoms with Gasteiger partial charge in [0.2, 0.25) is 5.91 Å². The molecule has 0 saturated carbocycles. The maximum atomic E-state index is 12.9. The molecule has 0 aromatic heterocycles. The van der Waals surface area contributed by atoms with E-state index in [-0.39, 0.29) is 35.4 Å². The number of nitrogens with zero attached hydrogens (tertiary/aromatic N) is 3. The predicted molar refractivity (Wildman–Crippen MR) is 110 cm³/mol. The predicted octanol–water partition coefficient (Wildman–Crippen LogP) is 2.17. The van der Waals surface area contributed by atoms with E-state index in [9.17, 15) is 24.1 Å². The zero-order valence-electron chi connectivity index (χ0n) is 16.4. The topological polar surface area (TPSA) is 108 Å². The quantitative estimate of drug-likeness (QED) is 0.553. The molecule has 0 spiro atoms. The lowest BCUT2D eigenvalue weighted by molar-refractivity contribution is -0.384. The van der Waals surface area contributed by atoms with E-state index in [1.165, 1.54) is 36.4 Å². The minimum Gasteiger partial charge on any atom is -0.383 e. The van der Waals surface area contributed by atoms with Crippen LogP contribution in [-0.2, 0) is 4.79 Å². The number of amides is 2. The second kappa shape index (κ2) is 9.31. The summed E-state index contributed by atoms with van der Waals surface area (Å²) in [6, 6.07) is 9.87. The van der Waals surface area contributed by atoms with Crippen molar-refractivity contribution in [1.82, 2.24) is 9.80 Å². The van der Waals surface area contributed by atoms with E-state index in [0.717, 1.165) is 0 Å². The summed E-state index contributed by atoms with van der Waals surface area (Å²) < 4.78 is 12.9. The second-order valence-corrected chi connectivity index (χ2v) is 6.86. The third kappa shape index (κ3) is 5.09. The van der Waals surface area contributed by atoms with Crippen LogP contribution in [0.3, 0.4) is 0 Å². The fourth-order valence-electron chi connectivity index (χ4n) is 3.26. The zero-order valence-corrected chi connectivity index (χ0v) is 16.4. The molecule has 0 aliphatic carbocycles. The number of halogens is 1. The number of piperazine rings is 1. The first kappa shape index (κ1) is 21.2. The number of anilines is 2. The molecule has 0 unspecified atom stereocenters. The fraction of sp³-hybridized carbons (Fsp3) is 0.300. The summed E-state index contributed by atoms with van der Waals surface area (Å²) in [5.41, 5.74) is 0.956. The molecular weight excluding hydrogens is 393 g/mol. The summed E-state index contributed by atoms with van der Waals surface area (Å²) in [6.45, 7) is 1.97. The smallest absolute Gasteiger partial charge is 0.293 e. The molecule has 1 fully saturated rings. The van der Waals surface area contributed by atoms with Gasteiger partial charge in [0, 0.05) is 50.5 Å². The van der Waals surface area contributed by atoms with Gasteiger partial charge in [-0.25, -0.2) is 4.39 Å². The van der Waals surface area contributed by atoms with Crippen LogP contribution >= 0.6 is 0 Å². The second-order valence-electron chi connectivity index (χ2n) is 6.86. The Bertz CT molecular complexity index is 943. The number of rotatable bonds is 6. The Labute approximate surface area is 172 Å². The first-order valence-corrected chi connectivity index (χ1v) is 9.40. The van der Waals surface area contributed by atoms with Crippen molar-refractivity contribution in [2.45, 2.75) is 0 Å². The number of nitro groups is 1. The molecule has 1 heterocycles. The number of nitrogens with one attached hydrogen (secondary N) is 2. The van der Waals surface area contributed by atoms with Crippen LogP contribution in [0, 0.1) is 15.9 Å². The minimum atomic E-state index is -0.527. The monoisotopic (exact) mass is 415 g/mol. The van der Waals surface area contributed by atoms with Crippen molar-refractivity contribution >= 4 is 28.9 Å². The van der Waals surface area contributed by atoms with E-state index >= 15 is 0 Å². The Kier molecular flexibility index (Phi) is 6.58. The number of benzene rings is 2. The molecule has 158 valence electrons. The van der Waals surface area contributed by atoms with Crippen molar-refractivity contribution in [3.05, 3.63) is 64.0 Å². The number of hydrogen-bond acceptors (Lipinski definition) is 6. The summed E-state index contributed by atoms with van der Waals surface area (Å²) >= 11 is 0. The molecule has 9 nitrogen and oxygen atoms in total. The van der Waals surface area contributed by atoms with Gasteiger partial charge in [-0.1, -0.05) is 0 Å². The Hall–Kier alpha value is -3.53. The van der Waals surface area contributed by atoms with Crippen molar-refractivity contribution in [3.8, 4) is 0 Å². The van der Waals surface area contributed by atoms with Crippen molar-refractivity contribution in [2.75, 3.05) is 50.4 Å². The Balaban J connectivity index is 1.54. The van der Waals surface area contributed by atoms with Gasteiger partial charge in [0.25, 0.3) is 11.6 Å². The van der Waals surface area contributed by atoms with E-state index in [1.54, 1.807) is 18.0 Å². The molecular formula is C20H22FN5O4. The van der Waals surface area contributed by atoms with Gasteiger partial charge in [-0.2, -0.15) is 0 Å². The minimum absolute atomic E-state index is 0.153. The van der Waals surface area contributed by atoms with Gasteiger partial charge in [0.1, 0.15) is 11.5 Å². The molecule has 2 aromatic rings. The highest BCUT2D eigenvalue weighted by atomic mass is 19.1. The molecule has 2 aromatic carbocycles. The lowest BCUT2D eigenvalue weighted by Gasteiger charge is -2.34. The van der Waals surface area contributed by atoms with Gasteiger partial charge in [0.15, 0.2) is 0 Å². The van der Waals surface area contributed by atoms with Crippen LogP contribution in [0.5, 0.6) is 0 Å². The van der Waals surface area contributed by atoms with Gasteiger partial charge in [-0.15, -0.1) is 0 Å². The third-order valence-electron chi connectivity index (χ3n) is 4.87. The molecule has 0 atom stereocenters. The largest absolute Gasteiger partial charge is 0.383 e. The highest BCUT2D eigenvalue weighted by molar-refractivity contribution is 5.96. The summed E-state index contributed by atoms with van der Waals surface area (Å²) in [4.78, 5) is 39.1. The lowest BCUT2D eigenvalue weighted by Crippen LogP contribution is -2.50. The number of carbonyl (C=O) groups is 2. The van der Waals surface area contributed by atoms with E-state index in [0.29, 0.717) is 37.6 Å². The summed E-state index contributed by atoms with van der Waals surface area (Å²) in [7, 11) is 1.58. The Morgan fingerprint density at radius 2 is 1.77 bits per heavy atom. The van der Waals surface area contributed by atoms with Crippen LogP contribution in [0.4, 0.5) is 21.5 Å². The Morgan fingerprint density at radius 1 is 1.10 bits per heavy atom. The third-order valence-corrected chi connectivity index (χ3v) is 4.87. The molecule has 0 radical (unpaired) electrons. The van der Waals surface area contributed by atoms with Crippen molar-refractivity contribution in [2.24, 2.45) is 0 Å². The highest BCUT2D eigenvalue weighted by Gasteiger charge is 2.25. The number of hydrogen-bond donors (Lipinski definition) is 2. The van der Waals surface area contributed by atoms with E-state index in [2.05, 4.69) is 10.6 Å². The van der Waals surface area contributed by atoms with E-state index in [1.807, 2.05) is 4.90 Å². The molecule has 2 N–H and O–H groups in total. The van der Waals surface area contributed by atoms with E-state index < -0.39 is 4.92 Å².